The van der Waals surface area contributed by atoms with Gasteiger partial charge in [-0.1, -0.05) is 39.5 Å². The first kappa shape index (κ1) is 38.5. The van der Waals surface area contributed by atoms with Gasteiger partial charge in [0.15, 0.2) is 0 Å². The standard InChI is InChI=1S/C26H57O9P3/c1-9-19-25(37(28,32-12-4)33-13-5)20-17-16-18-21-26(38(29,34-14-6)35-15-7)23-22-24(8)36(27,30-10-2)31-11-3/h24-26H,9-23H2,1-8H3. The molecule has 0 bridgehead atoms. The minimum atomic E-state index is -3.35. The van der Waals surface area contributed by atoms with E-state index in [9.17, 15) is 13.7 Å². The van der Waals surface area contributed by atoms with Crippen molar-refractivity contribution < 1.29 is 40.8 Å². The normalized spacial score (nSPS) is 15.5. The van der Waals surface area contributed by atoms with Crippen LogP contribution in [0.1, 0.15) is 113 Å². The minimum absolute atomic E-state index is 0.117. The van der Waals surface area contributed by atoms with E-state index in [0.29, 0.717) is 58.9 Å². The lowest BCUT2D eigenvalue weighted by Crippen LogP contribution is -2.18. The molecule has 0 aliphatic heterocycles. The maximum atomic E-state index is 13.7. The van der Waals surface area contributed by atoms with Crippen molar-refractivity contribution in [2.75, 3.05) is 39.6 Å². The molecule has 0 amide bonds. The van der Waals surface area contributed by atoms with Gasteiger partial charge in [-0.2, -0.15) is 0 Å². The molecule has 0 N–H and O–H groups in total. The molecule has 0 aromatic heterocycles. The topological polar surface area (TPSA) is 107 Å². The van der Waals surface area contributed by atoms with Gasteiger partial charge in [0.1, 0.15) is 0 Å². The highest BCUT2D eigenvalue weighted by Crippen LogP contribution is 2.59. The molecule has 230 valence electrons. The van der Waals surface area contributed by atoms with Crippen LogP contribution in [-0.2, 0) is 40.8 Å². The Kier molecular flexibility index (Phi) is 21.4. The van der Waals surface area contributed by atoms with Crippen LogP contribution in [0.5, 0.6) is 0 Å². The second kappa shape index (κ2) is 21.2. The fourth-order valence-corrected chi connectivity index (χ4v) is 10.9. The van der Waals surface area contributed by atoms with Crippen molar-refractivity contribution in [2.24, 2.45) is 0 Å². The molecule has 3 atom stereocenters. The molecule has 0 heterocycles. The SMILES string of the molecule is CCCC(CCCCCC(CCC(C)P(=O)(OCC)OCC)P(=O)(OCC)OCC)P(=O)(OCC)OCC. The van der Waals surface area contributed by atoms with Gasteiger partial charge in [0.05, 0.1) is 56.6 Å². The van der Waals surface area contributed by atoms with Crippen LogP contribution in [0.15, 0.2) is 0 Å². The monoisotopic (exact) mass is 606 g/mol. The average Bonchev–Trinajstić information content (AvgIpc) is 2.85. The molecule has 0 saturated heterocycles. The van der Waals surface area contributed by atoms with Crippen LogP contribution >= 0.6 is 22.8 Å². The van der Waals surface area contributed by atoms with Gasteiger partial charge in [-0.05, 0) is 73.6 Å². The summed E-state index contributed by atoms with van der Waals surface area (Å²) in [7, 11) is -9.74. The van der Waals surface area contributed by atoms with Crippen molar-refractivity contribution >= 4 is 22.8 Å². The molecule has 3 unspecified atom stereocenters. The van der Waals surface area contributed by atoms with Gasteiger partial charge in [0.25, 0.3) is 0 Å². The second-order valence-corrected chi connectivity index (χ2v) is 16.4. The zero-order valence-electron chi connectivity index (χ0n) is 25.4. The molecular weight excluding hydrogens is 549 g/mol. The van der Waals surface area contributed by atoms with E-state index in [1.807, 2.05) is 34.6 Å². The molecule has 0 saturated carbocycles. The van der Waals surface area contributed by atoms with Crippen molar-refractivity contribution in [3.05, 3.63) is 0 Å². The molecule has 0 aliphatic carbocycles. The van der Waals surface area contributed by atoms with Gasteiger partial charge in [-0.15, -0.1) is 0 Å². The Morgan fingerprint density at radius 3 is 1.13 bits per heavy atom. The Morgan fingerprint density at radius 1 is 0.447 bits per heavy atom. The third-order valence-corrected chi connectivity index (χ3v) is 14.3. The molecule has 0 aromatic rings. The summed E-state index contributed by atoms with van der Waals surface area (Å²) in [4.78, 5) is 0. The van der Waals surface area contributed by atoms with Gasteiger partial charge in [-0.25, -0.2) is 0 Å². The summed E-state index contributed by atoms with van der Waals surface area (Å²) in [6, 6.07) is 0. The number of rotatable bonds is 26. The smallest absolute Gasteiger partial charge is 0.309 e. The maximum absolute atomic E-state index is 13.7. The molecule has 38 heavy (non-hydrogen) atoms. The number of hydrogen-bond donors (Lipinski definition) is 0. The van der Waals surface area contributed by atoms with E-state index in [1.54, 1.807) is 13.8 Å². The Morgan fingerprint density at radius 2 is 0.789 bits per heavy atom. The van der Waals surface area contributed by atoms with Gasteiger partial charge in [0, 0.05) is 0 Å². The van der Waals surface area contributed by atoms with E-state index < -0.39 is 22.8 Å². The molecule has 0 aliphatic rings. The lowest BCUT2D eigenvalue weighted by atomic mass is 10.0. The Hall–Kier alpha value is 0.450. The average molecular weight is 607 g/mol. The van der Waals surface area contributed by atoms with Crippen molar-refractivity contribution in [1.82, 2.24) is 0 Å². The highest BCUT2D eigenvalue weighted by Gasteiger charge is 2.38. The third kappa shape index (κ3) is 13.4. The van der Waals surface area contributed by atoms with E-state index in [0.717, 1.165) is 38.5 Å². The summed E-state index contributed by atoms with van der Waals surface area (Å²) in [6.07, 6.45) is 6.76. The van der Waals surface area contributed by atoms with Crippen LogP contribution in [0.2, 0.25) is 0 Å². The number of unbranched alkanes of at least 4 members (excludes halogenated alkanes) is 2. The van der Waals surface area contributed by atoms with Gasteiger partial charge < -0.3 is 27.1 Å². The summed E-state index contributed by atoms with van der Waals surface area (Å²) in [5.74, 6) is 0. The van der Waals surface area contributed by atoms with Crippen LogP contribution in [0.4, 0.5) is 0 Å². The highest BCUT2D eigenvalue weighted by atomic mass is 31.2. The lowest BCUT2D eigenvalue weighted by Gasteiger charge is -2.29. The molecule has 0 spiro atoms. The first-order chi connectivity index (χ1) is 18.1. The summed E-state index contributed by atoms with van der Waals surface area (Å²) in [5, 5.41) is 0. The van der Waals surface area contributed by atoms with Crippen LogP contribution in [0.25, 0.3) is 0 Å². The minimum Gasteiger partial charge on any atom is -0.309 e. The van der Waals surface area contributed by atoms with Crippen LogP contribution in [-0.4, -0.2) is 56.6 Å². The highest BCUT2D eigenvalue weighted by molar-refractivity contribution is 7.55. The second-order valence-electron chi connectivity index (χ2n) is 9.29. The molecule has 12 heteroatoms. The van der Waals surface area contributed by atoms with Crippen LogP contribution < -0.4 is 0 Å². The van der Waals surface area contributed by atoms with Crippen molar-refractivity contribution in [1.29, 1.82) is 0 Å². The summed E-state index contributed by atoms with van der Waals surface area (Å²) >= 11 is 0. The fraction of sp³-hybridized carbons (Fsp3) is 1.00. The largest absolute Gasteiger partial charge is 0.333 e. The quantitative estimate of drug-likeness (QED) is 0.0703. The number of hydrogen-bond acceptors (Lipinski definition) is 9. The maximum Gasteiger partial charge on any atom is 0.333 e. The van der Waals surface area contributed by atoms with Crippen LogP contribution in [0.3, 0.4) is 0 Å². The van der Waals surface area contributed by atoms with Crippen molar-refractivity contribution in [3.63, 3.8) is 0 Å². The van der Waals surface area contributed by atoms with Crippen LogP contribution in [0, 0.1) is 0 Å². The molecule has 0 fully saturated rings. The zero-order chi connectivity index (χ0) is 29.1. The third-order valence-electron chi connectivity index (χ3n) is 6.40. The molecule has 0 aromatic carbocycles. The fourth-order valence-electron chi connectivity index (χ4n) is 4.65. The van der Waals surface area contributed by atoms with E-state index in [4.69, 9.17) is 27.1 Å². The first-order valence-corrected chi connectivity index (χ1v) is 19.6. The summed E-state index contributed by atoms with van der Waals surface area (Å²) in [6.45, 7) is 16.8. The van der Waals surface area contributed by atoms with Gasteiger partial charge in [0.2, 0.25) is 0 Å². The van der Waals surface area contributed by atoms with Gasteiger partial charge in [-0.3, -0.25) is 13.7 Å². The van der Waals surface area contributed by atoms with E-state index in [-0.39, 0.29) is 17.0 Å². The predicted octanol–water partition coefficient (Wildman–Crippen LogP) is 9.44. The molecule has 0 rings (SSSR count). The van der Waals surface area contributed by atoms with Crippen molar-refractivity contribution in [2.45, 2.75) is 130 Å². The van der Waals surface area contributed by atoms with Gasteiger partial charge >= 0.3 is 22.8 Å². The molecule has 9 nitrogen and oxygen atoms in total. The van der Waals surface area contributed by atoms with E-state index >= 15 is 0 Å². The van der Waals surface area contributed by atoms with E-state index in [1.165, 1.54) is 0 Å². The van der Waals surface area contributed by atoms with E-state index in [2.05, 4.69) is 6.92 Å². The Labute approximate surface area is 233 Å². The van der Waals surface area contributed by atoms with Crippen molar-refractivity contribution in [3.8, 4) is 0 Å². The lowest BCUT2D eigenvalue weighted by molar-refractivity contribution is 0.203. The Balaban J connectivity index is 5.35. The molecular formula is C26H57O9P3. The Bertz CT molecular complexity index is 705. The first-order valence-electron chi connectivity index (χ1n) is 14.7. The summed E-state index contributed by atoms with van der Waals surface area (Å²) < 4.78 is 73.9. The molecule has 0 radical (unpaired) electrons. The predicted molar refractivity (Wildman–Crippen MR) is 157 cm³/mol. The summed E-state index contributed by atoms with van der Waals surface area (Å²) in [5.41, 5.74) is -0.762. The zero-order valence-corrected chi connectivity index (χ0v) is 28.0.